The van der Waals surface area contributed by atoms with E-state index >= 15 is 0 Å². The van der Waals surface area contributed by atoms with E-state index in [1.54, 1.807) is 10.9 Å². The Hall–Kier alpha value is -1.41. The van der Waals surface area contributed by atoms with Crippen molar-refractivity contribution in [3.63, 3.8) is 0 Å². The number of nitrogens with zero attached hydrogens (tertiary/aromatic N) is 2. The number of carboxylic acids is 1. The highest BCUT2D eigenvalue weighted by atomic mass is 127. The van der Waals surface area contributed by atoms with Crippen LogP contribution >= 0.6 is 22.6 Å². The van der Waals surface area contributed by atoms with E-state index in [1.165, 1.54) is 0 Å². The number of aromatic carboxylic acids is 1. The predicted molar refractivity (Wildman–Crippen MR) is 78.6 cm³/mol. The van der Waals surface area contributed by atoms with Gasteiger partial charge in [0, 0.05) is 21.9 Å². The number of carbonyl (C=O) groups is 1. The van der Waals surface area contributed by atoms with Crippen molar-refractivity contribution in [3.05, 3.63) is 45.3 Å². The minimum absolute atomic E-state index is 0.0352. The zero-order valence-electron chi connectivity index (χ0n) is 10.1. The molecule has 0 aliphatic rings. The Labute approximate surface area is 124 Å². The van der Waals surface area contributed by atoms with E-state index < -0.39 is 5.97 Å². The standard InChI is InChI=1S/C13H13IN2O3/c14-10-4-1-5-11(7-10)16-8-9(3-2-6-17)12(15-16)13(18)19/h1,4-5,7-8,17H,2-3,6H2,(H,18,19). The molecule has 0 atom stereocenters. The lowest BCUT2D eigenvalue weighted by Crippen LogP contribution is -2.03. The highest BCUT2D eigenvalue weighted by Gasteiger charge is 2.16. The Morgan fingerprint density at radius 3 is 2.84 bits per heavy atom. The van der Waals surface area contributed by atoms with Crippen LogP contribution in [0.5, 0.6) is 0 Å². The molecular formula is C13H13IN2O3. The van der Waals surface area contributed by atoms with E-state index in [0.29, 0.717) is 18.4 Å². The molecule has 0 saturated heterocycles. The molecule has 0 spiro atoms. The van der Waals surface area contributed by atoms with Gasteiger partial charge >= 0.3 is 5.97 Å². The molecule has 2 aromatic rings. The number of hydrogen-bond donors (Lipinski definition) is 2. The SMILES string of the molecule is O=C(O)c1nn(-c2cccc(I)c2)cc1CCCO. The summed E-state index contributed by atoms with van der Waals surface area (Å²) in [7, 11) is 0. The largest absolute Gasteiger partial charge is 0.476 e. The molecule has 1 aromatic heterocycles. The molecule has 0 aliphatic heterocycles. The van der Waals surface area contributed by atoms with Crippen LogP contribution in [0.4, 0.5) is 0 Å². The highest BCUT2D eigenvalue weighted by molar-refractivity contribution is 14.1. The third-order valence-corrected chi connectivity index (χ3v) is 3.34. The second kappa shape index (κ2) is 6.16. The summed E-state index contributed by atoms with van der Waals surface area (Å²) in [6.45, 7) is 0.0352. The molecule has 1 heterocycles. The summed E-state index contributed by atoms with van der Waals surface area (Å²) >= 11 is 2.19. The summed E-state index contributed by atoms with van der Waals surface area (Å²) < 4.78 is 2.62. The van der Waals surface area contributed by atoms with Crippen LogP contribution in [0, 0.1) is 3.57 Å². The van der Waals surface area contributed by atoms with Gasteiger partial charge in [-0.25, -0.2) is 9.48 Å². The number of benzene rings is 1. The molecule has 6 heteroatoms. The molecular weight excluding hydrogens is 359 g/mol. The molecule has 0 fully saturated rings. The normalized spacial score (nSPS) is 10.6. The highest BCUT2D eigenvalue weighted by Crippen LogP contribution is 2.16. The first kappa shape index (κ1) is 14.0. The molecule has 0 amide bonds. The van der Waals surface area contributed by atoms with E-state index in [1.807, 2.05) is 24.3 Å². The summed E-state index contributed by atoms with van der Waals surface area (Å²) in [6.07, 6.45) is 2.74. The first-order valence-corrected chi connectivity index (χ1v) is 6.88. The Kier molecular flexibility index (Phi) is 4.54. The summed E-state index contributed by atoms with van der Waals surface area (Å²) in [5.74, 6) is -1.04. The Morgan fingerprint density at radius 2 is 2.21 bits per heavy atom. The van der Waals surface area contributed by atoms with E-state index in [9.17, 15) is 4.79 Å². The third kappa shape index (κ3) is 3.32. The van der Waals surface area contributed by atoms with Crippen LogP contribution in [-0.4, -0.2) is 32.6 Å². The van der Waals surface area contributed by atoms with E-state index in [4.69, 9.17) is 10.2 Å². The fraction of sp³-hybridized carbons (Fsp3) is 0.231. The van der Waals surface area contributed by atoms with Crippen molar-refractivity contribution in [3.8, 4) is 5.69 Å². The van der Waals surface area contributed by atoms with Gasteiger partial charge in [0.25, 0.3) is 0 Å². The number of hydrogen-bond acceptors (Lipinski definition) is 3. The first-order chi connectivity index (χ1) is 9.11. The average molecular weight is 372 g/mol. The second-order valence-corrected chi connectivity index (χ2v) is 5.31. The molecule has 0 radical (unpaired) electrons. The first-order valence-electron chi connectivity index (χ1n) is 5.80. The smallest absolute Gasteiger partial charge is 0.356 e. The van der Waals surface area contributed by atoms with E-state index in [0.717, 1.165) is 9.26 Å². The Morgan fingerprint density at radius 1 is 1.42 bits per heavy atom. The Bertz CT molecular complexity index is 595. The van der Waals surface area contributed by atoms with Crippen LogP contribution in [-0.2, 0) is 6.42 Å². The number of aryl methyl sites for hydroxylation is 1. The second-order valence-electron chi connectivity index (χ2n) is 4.06. The van der Waals surface area contributed by atoms with Gasteiger partial charge in [0.05, 0.1) is 5.69 Å². The number of carboxylic acid groups (broad SMARTS) is 1. The van der Waals surface area contributed by atoms with Gasteiger partial charge in [-0.15, -0.1) is 0 Å². The summed E-state index contributed by atoms with van der Waals surface area (Å²) in [5.41, 5.74) is 1.51. The van der Waals surface area contributed by atoms with Gasteiger partial charge in [0.1, 0.15) is 0 Å². The van der Waals surface area contributed by atoms with Gasteiger partial charge in [0.15, 0.2) is 5.69 Å². The Balaban J connectivity index is 2.39. The summed E-state index contributed by atoms with van der Waals surface area (Å²) in [6, 6.07) is 7.65. The molecule has 100 valence electrons. The van der Waals surface area contributed by atoms with E-state index in [2.05, 4.69) is 27.7 Å². The fourth-order valence-corrected chi connectivity index (χ4v) is 2.32. The minimum Gasteiger partial charge on any atom is -0.476 e. The molecule has 2 N–H and O–H groups in total. The summed E-state index contributed by atoms with van der Waals surface area (Å²) in [5, 5.41) is 22.1. The van der Waals surface area contributed by atoms with Gasteiger partial charge in [-0.3, -0.25) is 0 Å². The van der Waals surface area contributed by atoms with Crippen molar-refractivity contribution in [2.75, 3.05) is 6.61 Å². The third-order valence-electron chi connectivity index (χ3n) is 2.67. The molecule has 0 saturated carbocycles. The zero-order valence-corrected chi connectivity index (χ0v) is 12.2. The molecule has 0 aliphatic carbocycles. The fourth-order valence-electron chi connectivity index (χ4n) is 1.79. The van der Waals surface area contributed by atoms with Gasteiger partial charge in [0.2, 0.25) is 0 Å². The average Bonchev–Trinajstić information content (AvgIpc) is 2.80. The molecule has 5 nitrogen and oxygen atoms in total. The topological polar surface area (TPSA) is 75.3 Å². The lowest BCUT2D eigenvalue weighted by molar-refractivity contribution is 0.0688. The lowest BCUT2D eigenvalue weighted by atomic mass is 10.1. The van der Waals surface area contributed by atoms with Crippen LogP contribution < -0.4 is 0 Å². The quantitative estimate of drug-likeness (QED) is 0.789. The maximum Gasteiger partial charge on any atom is 0.356 e. The zero-order chi connectivity index (χ0) is 13.8. The van der Waals surface area contributed by atoms with E-state index in [-0.39, 0.29) is 12.3 Å². The molecule has 2 rings (SSSR count). The van der Waals surface area contributed by atoms with Gasteiger partial charge < -0.3 is 10.2 Å². The van der Waals surface area contributed by atoms with Crippen LogP contribution in [0.15, 0.2) is 30.5 Å². The number of aliphatic hydroxyl groups excluding tert-OH is 1. The van der Waals surface area contributed by atoms with Crippen LogP contribution in [0.2, 0.25) is 0 Å². The van der Waals surface area contributed by atoms with Crippen molar-refractivity contribution < 1.29 is 15.0 Å². The van der Waals surface area contributed by atoms with Crippen LogP contribution in [0.3, 0.4) is 0 Å². The van der Waals surface area contributed by atoms with Crippen molar-refractivity contribution in [2.24, 2.45) is 0 Å². The molecule has 19 heavy (non-hydrogen) atoms. The number of aliphatic hydroxyl groups is 1. The minimum atomic E-state index is -1.04. The molecule has 0 unspecified atom stereocenters. The maximum atomic E-state index is 11.2. The number of aromatic nitrogens is 2. The van der Waals surface area contributed by atoms with Gasteiger partial charge in [-0.1, -0.05) is 6.07 Å². The van der Waals surface area contributed by atoms with Crippen molar-refractivity contribution in [2.45, 2.75) is 12.8 Å². The number of halogens is 1. The van der Waals surface area contributed by atoms with Crippen LogP contribution in [0.1, 0.15) is 22.5 Å². The lowest BCUT2D eigenvalue weighted by Gasteiger charge is -2.00. The maximum absolute atomic E-state index is 11.2. The van der Waals surface area contributed by atoms with Crippen LogP contribution in [0.25, 0.3) is 5.69 Å². The number of rotatable bonds is 5. The van der Waals surface area contributed by atoms with Crippen molar-refractivity contribution in [1.82, 2.24) is 9.78 Å². The van der Waals surface area contributed by atoms with Gasteiger partial charge in [-0.2, -0.15) is 5.10 Å². The van der Waals surface area contributed by atoms with Crippen molar-refractivity contribution >= 4 is 28.6 Å². The summed E-state index contributed by atoms with van der Waals surface area (Å²) in [4.78, 5) is 11.2. The van der Waals surface area contributed by atoms with Crippen molar-refractivity contribution in [1.29, 1.82) is 0 Å². The molecule has 1 aromatic carbocycles. The monoisotopic (exact) mass is 372 g/mol. The van der Waals surface area contributed by atoms with Gasteiger partial charge in [-0.05, 0) is 53.6 Å². The predicted octanol–water partition coefficient (Wildman–Crippen LogP) is 2.10. The molecule has 0 bridgehead atoms.